The van der Waals surface area contributed by atoms with Gasteiger partial charge in [0.2, 0.25) is 45.9 Å². The average Bonchev–Trinajstić information content (AvgIpc) is 2.91. The third-order valence-corrected chi connectivity index (χ3v) is 6.29. The first-order valence-electron chi connectivity index (χ1n) is 10.2. The summed E-state index contributed by atoms with van der Waals surface area (Å²) in [6.07, 6.45) is -3.99. The van der Waals surface area contributed by atoms with Gasteiger partial charge in [-0.2, -0.15) is 22.0 Å². The molecule has 0 N–H and O–H groups in total. The lowest BCUT2D eigenvalue weighted by Gasteiger charge is -2.15. The molecule has 39 heavy (non-hydrogen) atoms. The summed E-state index contributed by atoms with van der Waals surface area (Å²) in [6.45, 7) is 0. The smallest absolute Gasteiger partial charge is 0.416 e. The zero-order valence-electron chi connectivity index (χ0n) is 18.9. The first kappa shape index (κ1) is 27.7. The fourth-order valence-corrected chi connectivity index (χ4v) is 4.32. The Morgan fingerprint density at radius 2 is 1.54 bits per heavy atom. The lowest BCUT2D eigenvalue weighted by Crippen LogP contribution is -2.09. The van der Waals surface area contributed by atoms with Crippen molar-refractivity contribution in [1.29, 1.82) is 0 Å². The predicted octanol–water partition coefficient (Wildman–Crippen LogP) is 6.63. The van der Waals surface area contributed by atoms with Crippen LogP contribution in [-0.2, 0) is 17.3 Å². The number of ether oxygens (including phenoxy) is 1. The zero-order chi connectivity index (χ0) is 28.8. The van der Waals surface area contributed by atoms with E-state index in [1.807, 2.05) is 0 Å². The Morgan fingerprint density at radius 1 is 0.923 bits per heavy atom. The molecular formula is C23H10F8N2O5S. The number of nitro groups is 1. The first-order valence-corrected chi connectivity index (χ1v) is 11.3. The molecule has 4 rings (SSSR count). The summed E-state index contributed by atoms with van der Waals surface area (Å²) in [5, 5.41) is 11.7. The van der Waals surface area contributed by atoms with Crippen molar-refractivity contribution in [2.75, 3.05) is 7.11 Å². The molecule has 0 saturated heterocycles. The highest BCUT2D eigenvalue weighted by molar-refractivity contribution is 7.80. The third kappa shape index (κ3) is 4.94. The number of benzene rings is 3. The molecule has 0 aliphatic heterocycles. The van der Waals surface area contributed by atoms with E-state index in [9.17, 15) is 49.4 Å². The standard InChI is InChI=1S/C23H10F8N2O5S/c1-37-15-6-9(23(29,30)31)2-4-12(15)16-11-5-3-10(7-13(11)32-8-14(16)33(34)35)39(36)38-22-20(27)18(25)17(24)19(26)21(22)28/h2-8H,1H3. The number of aromatic nitrogens is 1. The van der Waals surface area contributed by atoms with Crippen molar-refractivity contribution in [2.24, 2.45) is 0 Å². The molecule has 1 aromatic heterocycles. The van der Waals surface area contributed by atoms with Crippen LogP contribution < -0.4 is 8.92 Å². The van der Waals surface area contributed by atoms with Gasteiger partial charge in [-0.25, -0.2) is 22.4 Å². The number of pyridine rings is 1. The third-order valence-electron chi connectivity index (χ3n) is 5.34. The monoisotopic (exact) mass is 578 g/mol. The van der Waals surface area contributed by atoms with Gasteiger partial charge in [0, 0.05) is 10.9 Å². The van der Waals surface area contributed by atoms with Crippen LogP contribution in [0.2, 0.25) is 0 Å². The Morgan fingerprint density at radius 3 is 2.10 bits per heavy atom. The number of methoxy groups -OCH3 is 1. The number of fused-ring (bicyclic) bond motifs is 1. The quantitative estimate of drug-likeness (QED) is 0.0839. The number of rotatable bonds is 6. The van der Waals surface area contributed by atoms with Gasteiger partial charge in [0.25, 0.3) is 5.69 Å². The second-order valence-corrected chi connectivity index (χ2v) is 8.69. The molecule has 0 aliphatic carbocycles. The molecule has 3 aromatic carbocycles. The Labute approximate surface area is 214 Å². The number of alkyl halides is 3. The lowest BCUT2D eigenvalue weighted by atomic mass is 9.97. The van der Waals surface area contributed by atoms with Crippen LogP contribution in [0, 0.1) is 39.2 Å². The van der Waals surface area contributed by atoms with Crippen LogP contribution in [0.5, 0.6) is 11.5 Å². The molecule has 0 aliphatic rings. The summed E-state index contributed by atoms with van der Waals surface area (Å²) < 4.78 is 130. The molecule has 0 bridgehead atoms. The molecule has 0 fully saturated rings. The maximum Gasteiger partial charge on any atom is 0.416 e. The van der Waals surface area contributed by atoms with Gasteiger partial charge in [-0.1, -0.05) is 6.07 Å². The van der Waals surface area contributed by atoms with Crippen molar-refractivity contribution in [3.63, 3.8) is 0 Å². The number of nitrogens with zero attached hydrogens (tertiary/aromatic N) is 2. The van der Waals surface area contributed by atoms with Crippen LogP contribution in [0.25, 0.3) is 22.0 Å². The number of hydrogen-bond donors (Lipinski definition) is 0. The fourth-order valence-electron chi connectivity index (χ4n) is 3.54. The van der Waals surface area contributed by atoms with E-state index < -0.39 is 73.2 Å². The van der Waals surface area contributed by atoms with E-state index >= 15 is 0 Å². The molecule has 7 nitrogen and oxygen atoms in total. The average molecular weight is 578 g/mol. The molecule has 16 heteroatoms. The Balaban J connectivity index is 1.84. The highest BCUT2D eigenvalue weighted by atomic mass is 32.2. The van der Waals surface area contributed by atoms with E-state index in [4.69, 9.17) is 4.74 Å². The molecule has 0 spiro atoms. The molecule has 1 atom stereocenters. The van der Waals surface area contributed by atoms with Crippen molar-refractivity contribution in [1.82, 2.24) is 4.98 Å². The number of hydrogen-bond acceptors (Lipinski definition) is 6. The summed E-state index contributed by atoms with van der Waals surface area (Å²) in [6, 6.07) is 5.30. The van der Waals surface area contributed by atoms with Crippen LogP contribution in [0.4, 0.5) is 40.8 Å². The van der Waals surface area contributed by atoms with Crippen molar-refractivity contribution in [2.45, 2.75) is 11.1 Å². The summed E-state index contributed by atoms with van der Waals surface area (Å²) in [4.78, 5) is 14.3. The summed E-state index contributed by atoms with van der Waals surface area (Å²) in [5.41, 5.74) is -2.23. The van der Waals surface area contributed by atoms with Crippen molar-refractivity contribution < 1.29 is 53.2 Å². The number of halogens is 8. The Kier molecular flexibility index (Phi) is 7.16. The normalized spacial score (nSPS) is 12.4. The minimum absolute atomic E-state index is 0.0424. The SMILES string of the molecule is COc1cc(C(F)(F)F)ccc1-c1c([N+](=O)[O-])cnc2cc(S(=O)Oc3c(F)c(F)c(F)c(F)c3F)ccc12. The predicted molar refractivity (Wildman–Crippen MR) is 119 cm³/mol. The summed E-state index contributed by atoms with van der Waals surface area (Å²) >= 11 is -2.88. The van der Waals surface area contributed by atoms with Crippen molar-refractivity contribution in [3.05, 3.63) is 87.4 Å². The van der Waals surface area contributed by atoms with Gasteiger partial charge >= 0.3 is 6.18 Å². The molecule has 1 unspecified atom stereocenters. The van der Waals surface area contributed by atoms with Crippen LogP contribution in [-0.4, -0.2) is 21.2 Å². The fraction of sp³-hybridized carbons (Fsp3) is 0.0870. The summed E-state index contributed by atoms with van der Waals surface area (Å²) in [7, 11) is 1.05. The minimum Gasteiger partial charge on any atom is -0.496 e. The molecule has 4 aromatic rings. The second kappa shape index (κ2) is 10.1. The highest BCUT2D eigenvalue weighted by Gasteiger charge is 2.33. The van der Waals surface area contributed by atoms with E-state index in [1.54, 1.807) is 0 Å². The van der Waals surface area contributed by atoms with Gasteiger partial charge in [0.05, 0.1) is 33.6 Å². The van der Waals surface area contributed by atoms with Crippen molar-refractivity contribution >= 4 is 27.7 Å². The Hall–Kier alpha value is -4.34. The molecule has 204 valence electrons. The van der Waals surface area contributed by atoms with Crippen LogP contribution >= 0.6 is 0 Å². The highest BCUT2D eigenvalue weighted by Crippen LogP contribution is 2.43. The molecule has 1 heterocycles. The van der Waals surface area contributed by atoms with E-state index in [0.717, 1.165) is 37.6 Å². The van der Waals surface area contributed by atoms with Gasteiger partial charge < -0.3 is 8.92 Å². The van der Waals surface area contributed by atoms with E-state index in [0.29, 0.717) is 12.1 Å². The first-order chi connectivity index (χ1) is 18.3. The van der Waals surface area contributed by atoms with Gasteiger partial charge in [-0.15, -0.1) is 0 Å². The second-order valence-electron chi connectivity index (χ2n) is 7.58. The topological polar surface area (TPSA) is 91.6 Å². The Bertz CT molecular complexity index is 1650. The van der Waals surface area contributed by atoms with Crippen LogP contribution in [0.1, 0.15) is 5.56 Å². The van der Waals surface area contributed by atoms with E-state index in [-0.39, 0.29) is 27.8 Å². The van der Waals surface area contributed by atoms with Crippen LogP contribution in [0.15, 0.2) is 47.5 Å². The van der Waals surface area contributed by atoms with Gasteiger partial charge in [0.1, 0.15) is 11.9 Å². The largest absolute Gasteiger partial charge is 0.496 e. The van der Waals surface area contributed by atoms with Gasteiger partial charge in [0.15, 0.2) is 0 Å². The molecular weight excluding hydrogens is 568 g/mol. The maximum atomic E-state index is 13.9. The zero-order valence-corrected chi connectivity index (χ0v) is 19.7. The van der Waals surface area contributed by atoms with E-state index in [1.165, 1.54) is 0 Å². The molecule has 0 saturated carbocycles. The van der Waals surface area contributed by atoms with Gasteiger partial charge in [-0.05, 0) is 30.3 Å². The van der Waals surface area contributed by atoms with Crippen LogP contribution in [0.3, 0.4) is 0 Å². The lowest BCUT2D eigenvalue weighted by molar-refractivity contribution is -0.384. The molecule has 0 amide bonds. The minimum atomic E-state index is -4.74. The molecule has 0 radical (unpaired) electrons. The maximum absolute atomic E-state index is 13.9. The summed E-state index contributed by atoms with van der Waals surface area (Å²) in [5.74, 6) is -14.0. The van der Waals surface area contributed by atoms with Gasteiger partial charge in [-0.3, -0.25) is 10.1 Å². The van der Waals surface area contributed by atoms with E-state index in [2.05, 4.69) is 9.17 Å². The van der Waals surface area contributed by atoms with Crippen molar-refractivity contribution in [3.8, 4) is 22.6 Å².